The van der Waals surface area contributed by atoms with Crippen LogP contribution >= 0.6 is 0 Å². The molecular formula is C23H35N7O7. The molecule has 204 valence electrons. The average molecular weight is 522 g/mol. The molecule has 37 heavy (non-hydrogen) atoms. The Bertz CT molecular complexity index is 961. The SMILES string of the molecule is NC(N)=NCCCC(NC(=O)C(Cc1ccc(O)cc1)NC(=O)C(CO)NC(=O)C1CCCN1)C(=O)O. The number of carbonyl (C=O) groups is 4. The molecule has 0 saturated carbocycles. The number of nitrogens with one attached hydrogen (secondary N) is 4. The first-order valence-electron chi connectivity index (χ1n) is 11.9. The van der Waals surface area contributed by atoms with Gasteiger partial charge in [-0.25, -0.2) is 4.79 Å². The number of phenols is 1. The highest BCUT2D eigenvalue weighted by Gasteiger charge is 2.31. The van der Waals surface area contributed by atoms with Gasteiger partial charge in [-0.1, -0.05) is 12.1 Å². The van der Waals surface area contributed by atoms with Crippen LogP contribution in [0, 0.1) is 0 Å². The average Bonchev–Trinajstić information content (AvgIpc) is 3.40. The molecule has 1 heterocycles. The minimum absolute atomic E-state index is 0.00378. The van der Waals surface area contributed by atoms with Gasteiger partial charge >= 0.3 is 5.97 Å². The van der Waals surface area contributed by atoms with Crippen LogP contribution in [-0.4, -0.2) is 88.8 Å². The van der Waals surface area contributed by atoms with Gasteiger partial charge in [0.15, 0.2) is 5.96 Å². The minimum atomic E-state index is -1.32. The van der Waals surface area contributed by atoms with E-state index >= 15 is 0 Å². The van der Waals surface area contributed by atoms with Crippen molar-refractivity contribution in [1.29, 1.82) is 0 Å². The van der Waals surface area contributed by atoms with Gasteiger partial charge in [-0.2, -0.15) is 0 Å². The number of carboxylic acid groups (broad SMARTS) is 1. The minimum Gasteiger partial charge on any atom is -0.508 e. The van der Waals surface area contributed by atoms with Crippen LogP contribution in [0.15, 0.2) is 29.3 Å². The first-order chi connectivity index (χ1) is 17.6. The van der Waals surface area contributed by atoms with E-state index < -0.39 is 54.5 Å². The molecule has 11 N–H and O–H groups in total. The van der Waals surface area contributed by atoms with Crippen LogP contribution < -0.4 is 32.7 Å². The zero-order valence-corrected chi connectivity index (χ0v) is 20.4. The Labute approximate surface area is 213 Å². The molecule has 14 heteroatoms. The van der Waals surface area contributed by atoms with Crippen LogP contribution in [0.3, 0.4) is 0 Å². The summed E-state index contributed by atoms with van der Waals surface area (Å²) < 4.78 is 0. The third-order valence-corrected chi connectivity index (χ3v) is 5.76. The van der Waals surface area contributed by atoms with Crippen molar-refractivity contribution in [2.45, 2.75) is 56.3 Å². The fourth-order valence-corrected chi connectivity index (χ4v) is 3.76. The van der Waals surface area contributed by atoms with Crippen LogP contribution in [0.1, 0.15) is 31.2 Å². The topological polar surface area (TPSA) is 241 Å². The number of amides is 3. The molecule has 4 unspecified atom stereocenters. The fraction of sp³-hybridized carbons (Fsp3) is 0.522. The maximum atomic E-state index is 13.1. The van der Waals surface area contributed by atoms with Crippen molar-refractivity contribution in [3.8, 4) is 5.75 Å². The van der Waals surface area contributed by atoms with Gasteiger partial charge in [-0.05, 0) is 49.9 Å². The van der Waals surface area contributed by atoms with E-state index in [9.17, 15) is 34.5 Å². The Morgan fingerprint density at radius 1 is 1.03 bits per heavy atom. The molecule has 1 aromatic carbocycles. The van der Waals surface area contributed by atoms with Crippen LogP contribution in [0.4, 0.5) is 0 Å². The Balaban J connectivity index is 2.12. The summed E-state index contributed by atoms with van der Waals surface area (Å²) in [5.41, 5.74) is 11.1. The Morgan fingerprint density at radius 3 is 2.24 bits per heavy atom. The molecule has 0 aliphatic carbocycles. The lowest BCUT2D eigenvalue weighted by Gasteiger charge is -2.24. The molecule has 0 spiro atoms. The van der Waals surface area contributed by atoms with Gasteiger partial charge in [0.1, 0.15) is 23.9 Å². The molecule has 1 fully saturated rings. The number of benzene rings is 1. The highest BCUT2D eigenvalue weighted by molar-refractivity contribution is 5.94. The van der Waals surface area contributed by atoms with Crippen molar-refractivity contribution in [1.82, 2.24) is 21.3 Å². The molecule has 1 aromatic rings. The molecule has 1 aliphatic heterocycles. The normalized spacial score (nSPS) is 17.2. The quantitative estimate of drug-likeness (QED) is 0.0695. The van der Waals surface area contributed by atoms with Crippen molar-refractivity contribution in [2.75, 3.05) is 19.7 Å². The molecule has 0 radical (unpaired) electrons. The number of guanidine groups is 1. The largest absolute Gasteiger partial charge is 0.508 e. The smallest absolute Gasteiger partial charge is 0.326 e. The molecule has 3 amide bonds. The second-order valence-corrected chi connectivity index (χ2v) is 8.67. The summed E-state index contributed by atoms with van der Waals surface area (Å²) in [4.78, 5) is 53.9. The summed E-state index contributed by atoms with van der Waals surface area (Å²) in [6.07, 6.45) is 1.66. The summed E-state index contributed by atoms with van der Waals surface area (Å²) in [6.45, 7) is 0.128. The number of hydrogen-bond acceptors (Lipinski definition) is 8. The van der Waals surface area contributed by atoms with Crippen LogP contribution in [0.25, 0.3) is 0 Å². The number of phenolic OH excluding ortho intramolecular Hbond substituents is 1. The molecule has 0 bridgehead atoms. The number of aromatic hydroxyl groups is 1. The number of nitrogens with zero attached hydrogens (tertiary/aromatic N) is 1. The summed E-state index contributed by atoms with van der Waals surface area (Å²) in [5, 5.41) is 39.1. The molecule has 0 aromatic heterocycles. The first-order valence-corrected chi connectivity index (χ1v) is 11.9. The molecule has 1 saturated heterocycles. The number of carboxylic acids is 1. The van der Waals surface area contributed by atoms with E-state index in [2.05, 4.69) is 26.3 Å². The lowest BCUT2D eigenvalue weighted by atomic mass is 10.0. The summed E-state index contributed by atoms with van der Waals surface area (Å²) in [7, 11) is 0. The van der Waals surface area contributed by atoms with Crippen molar-refractivity contribution in [2.24, 2.45) is 16.5 Å². The number of aliphatic hydroxyl groups excluding tert-OH is 1. The van der Waals surface area contributed by atoms with E-state index in [4.69, 9.17) is 11.5 Å². The van der Waals surface area contributed by atoms with Gasteiger partial charge in [0.25, 0.3) is 0 Å². The predicted molar refractivity (Wildman–Crippen MR) is 133 cm³/mol. The molecule has 14 nitrogen and oxygen atoms in total. The number of rotatable bonds is 14. The van der Waals surface area contributed by atoms with E-state index in [1.807, 2.05) is 0 Å². The number of carbonyl (C=O) groups excluding carboxylic acids is 3. The van der Waals surface area contributed by atoms with Gasteiger partial charge in [0.05, 0.1) is 12.6 Å². The number of aliphatic imine (C=N–C) groups is 1. The van der Waals surface area contributed by atoms with Gasteiger partial charge in [-0.3, -0.25) is 19.4 Å². The number of nitrogens with two attached hydrogens (primary N) is 2. The zero-order chi connectivity index (χ0) is 27.4. The standard InChI is InChI=1S/C23H35N7O7/c24-23(25)27-10-2-4-16(22(36)37)28-20(34)17(11-13-5-7-14(32)8-6-13)29-21(35)18(12-31)30-19(33)15-3-1-9-26-15/h5-8,15-18,26,31-32H,1-4,9-12H2,(H,28,34)(H,29,35)(H,30,33)(H,36,37)(H4,24,25,27). The van der Waals surface area contributed by atoms with Gasteiger partial charge in [-0.15, -0.1) is 0 Å². The third kappa shape index (κ3) is 9.93. The Kier molecular flexibility index (Phi) is 11.6. The number of hydrogen-bond donors (Lipinski definition) is 9. The van der Waals surface area contributed by atoms with E-state index in [0.29, 0.717) is 18.5 Å². The van der Waals surface area contributed by atoms with Crippen LogP contribution in [0.2, 0.25) is 0 Å². The van der Waals surface area contributed by atoms with Gasteiger partial charge < -0.3 is 48.1 Å². The summed E-state index contributed by atoms with van der Waals surface area (Å²) in [6, 6.07) is 1.58. The maximum Gasteiger partial charge on any atom is 0.326 e. The number of aliphatic hydroxyl groups is 1. The second kappa shape index (κ2) is 14.6. The Hall–Kier alpha value is -3.91. The number of aliphatic carboxylic acids is 1. The maximum absolute atomic E-state index is 13.1. The fourth-order valence-electron chi connectivity index (χ4n) is 3.76. The lowest BCUT2D eigenvalue weighted by molar-refractivity contribution is -0.142. The molecule has 1 aliphatic rings. The lowest BCUT2D eigenvalue weighted by Crippen LogP contribution is -2.58. The van der Waals surface area contributed by atoms with Crippen molar-refractivity contribution in [3.63, 3.8) is 0 Å². The van der Waals surface area contributed by atoms with Gasteiger partial charge in [0.2, 0.25) is 17.7 Å². The summed E-state index contributed by atoms with van der Waals surface area (Å²) >= 11 is 0. The molecule has 2 rings (SSSR count). The molecule has 4 atom stereocenters. The van der Waals surface area contributed by atoms with Crippen molar-refractivity contribution in [3.05, 3.63) is 29.8 Å². The monoisotopic (exact) mass is 521 g/mol. The van der Waals surface area contributed by atoms with Crippen LogP contribution in [0.5, 0.6) is 5.75 Å². The summed E-state index contributed by atoms with van der Waals surface area (Å²) in [5.74, 6) is -3.45. The molecular weight excluding hydrogens is 486 g/mol. The van der Waals surface area contributed by atoms with Crippen molar-refractivity contribution >= 4 is 29.7 Å². The highest BCUT2D eigenvalue weighted by Crippen LogP contribution is 2.12. The first kappa shape index (κ1) is 29.3. The van der Waals surface area contributed by atoms with Crippen molar-refractivity contribution < 1.29 is 34.5 Å². The third-order valence-electron chi connectivity index (χ3n) is 5.76. The van der Waals surface area contributed by atoms with Gasteiger partial charge in [0, 0.05) is 13.0 Å². The highest BCUT2D eigenvalue weighted by atomic mass is 16.4. The second-order valence-electron chi connectivity index (χ2n) is 8.67. The Morgan fingerprint density at radius 2 is 1.68 bits per heavy atom. The zero-order valence-electron chi connectivity index (χ0n) is 20.4. The van der Waals surface area contributed by atoms with E-state index in [0.717, 1.165) is 6.42 Å². The van der Waals surface area contributed by atoms with Crippen LogP contribution in [-0.2, 0) is 25.6 Å². The van der Waals surface area contributed by atoms with E-state index in [1.54, 1.807) is 12.1 Å². The van der Waals surface area contributed by atoms with E-state index in [-0.39, 0.29) is 37.5 Å². The predicted octanol–water partition coefficient (Wildman–Crippen LogP) is -2.73. The van der Waals surface area contributed by atoms with E-state index in [1.165, 1.54) is 12.1 Å².